The van der Waals surface area contributed by atoms with Crippen molar-refractivity contribution in [1.82, 2.24) is 5.32 Å². The van der Waals surface area contributed by atoms with E-state index in [4.69, 9.17) is 16.0 Å². The summed E-state index contributed by atoms with van der Waals surface area (Å²) >= 11 is 6.23. The summed E-state index contributed by atoms with van der Waals surface area (Å²) in [5.74, 6) is 0.416. The van der Waals surface area contributed by atoms with Crippen molar-refractivity contribution in [2.24, 2.45) is 0 Å². The molecule has 2 nitrogen and oxygen atoms in total. The van der Waals surface area contributed by atoms with E-state index in [-0.39, 0.29) is 11.9 Å². The first-order valence-electron chi connectivity index (χ1n) is 6.86. The van der Waals surface area contributed by atoms with Gasteiger partial charge in [0.05, 0.1) is 6.04 Å². The molecule has 4 heteroatoms. The number of hydrogen-bond donors (Lipinski definition) is 1. The van der Waals surface area contributed by atoms with Crippen LogP contribution < -0.4 is 5.32 Å². The molecule has 0 saturated carbocycles. The number of fused-ring (bicyclic) bond motifs is 1. The van der Waals surface area contributed by atoms with Crippen LogP contribution in [-0.2, 0) is 0 Å². The van der Waals surface area contributed by atoms with Crippen molar-refractivity contribution in [3.05, 3.63) is 70.7 Å². The minimum absolute atomic E-state index is 0.273. The van der Waals surface area contributed by atoms with E-state index >= 15 is 0 Å². The highest BCUT2D eigenvalue weighted by Gasteiger charge is 2.20. The van der Waals surface area contributed by atoms with Crippen molar-refractivity contribution >= 4 is 22.6 Å². The van der Waals surface area contributed by atoms with Gasteiger partial charge in [-0.25, -0.2) is 4.39 Å². The van der Waals surface area contributed by atoms with Crippen molar-refractivity contribution in [3.8, 4) is 0 Å². The third-order valence-corrected chi connectivity index (χ3v) is 3.75. The Kier molecular flexibility index (Phi) is 3.95. The fourth-order valence-corrected chi connectivity index (χ4v) is 2.68. The van der Waals surface area contributed by atoms with E-state index in [0.29, 0.717) is 17.1 Å². The molecule has 108 valence electrons. The molecule has 0 spiro atoms. The van der Waals surface area contributed by atoms with Gasteiger partial charge in [-0.3, -0.25) is 0 Å². The second-order valence-electron chi connectivity index (χ2n) is 4.84. The Bertz CT molecular complexity index is 735. The van der Waals surface area contributed by atoms with Crippen LogP contribution in [-0.4, -0.2) is 6.54 Å². The molecule has 0 aliphatic rings. The lowest BCUT2D eigenvalue weighted by Gasteiger charge is -2.17. The summed E-state index contributed by atoms with van der Waals surface area (Å²) in [4.78, 5) is 0. The molecule has 2 aromatic carbocycles. The minimum Gasteiger partial charge on any atom is -0.459 e. The van der Waals surface area contributed by atoms with Crippen LogP contribution in [0.25, 0.3) is 11.0 Å². The Morgan fingerprint density at radius 3 is 2.76 bits per heavy atom. The highest BCUT2D eigenvalue weighted by molar-refractivity contribution is 6.31. The topological polar surface area (TPSA) is 25.2 Å². The number of benzene rings is 2. The highest BCUT2D eigenvalue weighted by atomic mass is 35.5. The zero-order chi connectivity index (χ0) is 14.8. The molecule has 1 unspecified atom stereocenters. The Morgan fingerprint density at radius 2 is 2.00 bits per heavy atom. The van der Waals surface area contributed by atoms with E-state index in [0.717, 1.165) is 16.7 Å². The predicted octanol–water partition coefficient (Wildman–Crippen LogP) is 4.92. The lowest BCUT2D eigenvalue weighted by atomic mass is 10.0. The van der Waals surface area contributed by atoms with Gasteiger partial charge in [0.15, 0.2) is 0 Å². The molecule has 3 aromatic rings. The Hall–Kier alpha value is -1.84. The average Bonchev–Trinajstić information content (AvgIpc) is 2.91. The molecular formula is C17H15ClFNO. The second-order valence-corrected chi connectivity index (χ2v) is 5.25. The summed E-state index contributed by atoms with van der Waals surface area (Å²) in [6.45, 7) is 2.71. The third-order valence-electron chi connectivity index (χ3n) is 3.41. The van der Waals surface area contributed by atoms with Crippen LogP contribution in [0.4, 0.5) is 4.39 Å². The summed E-state index contributed by atoms with van der Waals surface area (Å²) in [6, 6.07) is 13.8. The molecule has 1 aromatic heterocycles. The van der Waals surface area contributed by atoms with Crippen LogP contribution in [0.2, 0.25) is 5.02 Å². The van der Waals surface area contributed by atoms with Gasteiger partial charge in [-0.15, -0.1) is 0 Å². The van der Waals surface area contributed by atoms with Gasteiger partial charge in [-0.1, -0.05) is 36.7 Å². The molecular weight excluding hydrogens is 289 g/mol. The Morgan fingerprint density at radius 1 is 1.19 bits per heavy atom. The lowest BCUT2D eigenvalue weighted by Crippen LogP contribution is -2.22. The first-order chi connectivity index (χ1) is 10.2. The maximum atomic E-state index is 13.6. The monoisotopic (exact) mass is 303 g/mol. The molecule has 3 rings (SSSR count). The molecule has 0 aliphatic carbocycles. The quantitative estimate of drug-likeness (QED) is 0.739. The maximum absolute atomic E-state index is 13.6. The minimum atomic E-state index is -0.312. The van der Waals surface area contributed by atoms with Crippen molar-refractivity contribution in [2.45, 2.75) is 13.0 Å². The van der Waals surface area contributed by atoms with Gasteiger partial charge in [0.2, 0.25) is 0 Å². The molecule has 1 N–H and O–H groups in total. The van der Waals surface area contributed by atoms with E-state index in [1.54, 1.807) is 6.07 Å². The molecule has 0 aliphatic heterocycles. The fourth-order valence-electron chi connectivity index (χ4n) is 2.45. The maximum Gasteiger partial charge on any atom is 0.134 e. The molecule has 0 fully saturated rings. The standard InChI is InChI=1S/C17H15ClFNO/c1-2-20-17(13-10-12(19)7-8-14(13)18)16-9-11-5-3-4-6-15(11)21-16/h3-10,17,20H,2H2,1H3. The molecule has 0 radical (unpaired) electrons. The van der Waals surface area contributed by atoms with E-state index in [2.05, 4.69) is 5.32 Å². The van der Waals surface area contributed by atoms with Gasteiger partial charge in [-0.05, 0) is 42.4 Å². The number of nitrogens with one attached hydrogen (secondary N) is 1. The number of rotatable bonds is 4. The van der Waals surface area contributed by atoms with Crippen LogP contribution in [0.1, 0.15) is 24.3 Å². The van der Waals surface area contributed by atoms with Crippen molar-refractivity contribution in [3.63, 3.8) is 0 Å². The largest absolute Gasteiger partial charge is 0.459 e. The normalized spacial score (nSPS) is 12.7. The van der Waals surface area contributed by atoms with Crippen molar-refractivity contribution in [2.75, 3.05) is 6.54 Å². The first kappa shape index (κ1) is 14.1. The highest BCUT2D eigenvalue weighted by Crippen LogP contribution is 2.32. The van der Waals surface area contributed by atoms with Crippen LogP contribution in [0.3, 0.4) is 0 Å². The number of halogens is 2. The molecule has 0 bridgehead atoms. The summed E-state index contributed by atoms with van der Waals surface area (Å²) in [6.07, 6.45) is 0. The Labute approximate surface area is 127 Å². The SMILES string of the molecule is CCNC(c1cc2ccccc2o1)c1cc(F)ccc1Cl. The van der Waals surface area contributed by atoms with Gasteiger partial charge in [-0.2, -0.15) is 0 Å². The third kappa shape index (κ3) is 2.80. The molecule has 0 amide bonds. The summed E-state index contributed by atoms with van der Waals surface area (Å²) in [5, 5.41) is 4.83. The molecule has 21 heavy (non-hydrogen) atoms. The van der Waals surface area contributed by atoms with Gasteiger partial charge < -0.3 is 9.73 Å². The summed E-state index contributed by atoms with van der Waals surface area (Å²) < 4.78 is 19.4. The molecule has 1 heterocycles. The molecule has 0 saturated heterocycles. The predicted molar refractivity (Wildman–Crippen MR) is 83.1 cm³/mol. The Balaban J connectivity index is 2.10. The van der Waals surface area contributed by atoms with E-state index in [1.807, 2.05) is 37.3 Å². The smallest absolute Gasteiger partial charge is 0.134 e. The van der Waals surface area contributed by atoms with Gasteiger partial charge in [0.25, 0.3) is 0 Å². The lowest BCUT2D eigenvalue weighted by molar-refractivity contribution is 0.475. The summed E-state index contributed by atoms with van der Waals surface area (Å²) in [7, 11) is 0. The van der Waals surface area contributed by atoms with E-state index in [9.17, 15) is 4.39 Å². The number of furan rings is 1. The zero-order valence-electron chi connectivity index (χ0n) is 11.6. The first-order valence-corrected chi connectivity index (χ1v) is 7.23. The van der Waals surface area contributed by atoms with Gasteiger partial charge >= 0.3 is 0 Å². The zero-order valence-corrected chi connectivity index (χ0v) is 12.3. The van der Waals surface area contributed by atoms with E-state index in [1.165, 1.54) is 12.1 Å². The van der Waals surface area contributed by atoms with Gasteiger partial charge in [0.1, 0.15) is 17.2 Å². The summed E-state index contributed by atoms with van der Waals surface area (Å²) in [5.41, 5.74) is 1.49. The van der Waals surface area contributed by atoms with Gasteiger partial charge in [0, 0.05) is 10.4 Å². The van der Waals surface area contributed by atoms with Crippen LogP contribution in [0.5, 0.6) is 0 Å². The average molecular weight is 304 g/mol. The molecule has 1 atom stereocenters. The van der Waals surface area contributed by atoms with Crippen LogP contribution in [0, 0.1) is 5.82 Å². The number of hydrogen-bond acceptors (Lipinski definition) is 2. The van der Waals surface area contributed by atoms with Crippen LogP contribution >= 0.6 is 11.6 Å². The second kappa shape index (κ2) is 5.88. The van der Waals surface area contributed by atoms with E-state index < -0.39 is 0 Å². The van der Waals surface area contributed by atoms with Crippen molar-refractivity contribution < 1.29 is 8.81 Å². The van der Waals surface area contributed by atoms with Crippen molar-refractivity contribution in [1.29, 1.82) is 0 Å². The number of para-hydroxylation sites is 1. The van der Waals surface area contributed by atoms with Crippen LogP contribution in [0.15, 0.2) is 52.9 Å². The fraction of sp³-hybridized carbons (Fsp3) is 0.176.